The van der Waals surface area contributed by atoms with Crippen LogP contribution >= 0.6 is 0 Å². The molecule has 0 aromatic heterocycles. The molecule has 0 aromatic rings. The van der Waals surface area contributed by atoms with E-state index in [1.165, 1.54) is 31.3 Å². The molecule has 0 unspecified atom stereocenters. The van der Waals surface area contributed by atoms with Gasteiger partial charge in [-0.2, -0.15) is 0 Å². The van der Waals surface area contributed by atoms with Gasteiger partial charge in [-0.05, 0) is 80.5 Å². The van der Waals surface area contributed by atoms with Crippen LogP contribution in [0.3, 0.4) is 0 Å². The van der Waals surface area contributed by atoms with E-state index in [2.05, 4.69) is 19.9 Å². The fourth-order valence-electron chi connectivity index (χ4n) is 6.60. The maximum absolute atomic E-state index is 11.5. The SMILES string of the molecule is C[C@]12CCC[C@@]1(O)[C@H]1CC=C3C[C@H](O)CC[C@]3(C)[C@@H]1CC2. The molecule has 118 valence electrons. The second kappa shape index (κ2) is 4.35. The van der Waals surface area contributed by atoms with Gasteiger partial charge in [0.1, 0.15) is 0 Å². The quantitative estimate of drug-likeness (QED) is 0.666. The number of rotatable bonds is 0. The normalized spacial score (nSPS) is 56.2. The van der Waals surface area contributed by atoms with Crippen LogP contribution in [-0.2, 0) is 0 Å². The van der Waals surface area contributed by atoms with Gasteiger partial charge in [0.2, 0.25) is 0 Å². The van der Waals surface area contributed by atoms with Gasteiger partial charge in [-0.15, -0.1) is 0 Å². The van der Waals surface area contributed by atoms with Crippen molar-refractivity contribution in [2.75, 3.05) is 0 Å². The first kappa shape index (κ1) is 14.3. The van der Waals surface area contributed by atoms with Gasteiger partial charge in [0.25, 0.3) is 0 Å². The van der Waals surface area contributed by atoms with E-state index < -0.39 is 5.60 Å². The first-order valence-corrected chi connectivity index (χ1v) is 8.99. The fourth-order valence-corrected chi connectivity index (χ4v) is 6.60. The average Bonchev–Trinajstić information content (AvgIpc) is 2.75. The van der Waals surface area contributed by atoms with Crippen molar-refractivity contribution >= 4 is 0 Å². The summed E-state index contributed by atoms with van der Waals surface area (Å²) in [6.45, 7) is 4.75. The van der Waals surface area contributed by atoms with Gasteiger partial charge < -0.3 is 10.2 Å². The molecule has 3 fully saturated rings. The van der Waals surface area contributed by atoms with Crippen molar-refractivity contribution in [2.24, 2.45) is 22.7 Å². The van der Waals surface area contributed by atoms with E-state index in [0.717, 1.165) is 32.1 Å². The summed E-state index contributed by atoms with van der Waals surface area (Å²) in [6, 6.07) is 0. The van der Waals surface area contributed by atoms with Crippen molar-refractivity contribution in [1.29, 1.82) is 0 Å². The number of aliphatic hydroxyl groups is 2. The van der Waals surface area contributed by atoms with Gasteiger partial charge in [0.05, 0.1) is 11.7 Å². The summed E-state index contributed by atoms with van der Waals surface area (Å²) in [5.74, 6) is 1.07. The van der Waals surface area contributed by atoms with E-state index in [9.17, 15) is 10.2 Å². The first-order valence-electron chi connectivity index (χ1n) is 8.99. The van der Waals surface area contributed by atoms with Gasteiger partial charge in [0, 0.05) is 0 Å². The monoisotopic (exact) mass is 290 g/mol. The molecule has 0 amide bonds. The van der Waals surface area contributed by atoms with Crippen LogP contribution in [0.5, 0.6) is 0 Å². The van der Waals surface area contributed by atoms with Gasteiger partial charge >= 0.3 is 0 Å². The maximum atomic E-state index is 11.5. The minimum Gasteiger partial charge on any atom is -0.393 e. The van der Waals surface area contributed by atoms with Crippen LogP contribution in [0.4, 0.5) is 0 Å². The van der Waals surface area contributed by atoms with E-state index in [4.69, 9.17) is 0 Å². The zero-order valence-corrected chi connectivity index (χ0v) is 13.6. The Morgan fingerprint density at radius 3 is 2.67 bits per heavy atom. The Morgan fingerprint density at radius 1 is 1.05 bits per heavy atom. The van der Waals surface area contributed by atoms with Crippen LogP contribution in [0.15, 0.2) is 11.6 Å². The van der Waals surface area contributed by atoms with Crippen LogP contribution in [0, 0.1) is 22.7 Å². The molecular weight excluding hydrogens is 260 g/mol. The highest BCUT2D eigenvalue weighted by Crippen LogP contribution is 2.66. The Morgan fingerprint density at radius 2 is 1.86 bits per heavy atom. The summed E-state index contributed by atoms with van der Waals surface area (Å²) in [7, 11) is 0. The Hall–Kier alpha value is -0.340. The van der Waals surface area contributed by atoms with E-state index in [-0.39, 0.29) is 16.9 Å². The summed E-state index contributed by atoms with van der Waals surface area (Å²) in [5, 5.41) is 21.6. The van der Waals surface area contributed by atoms with Gasteiger partial charge in [-0.1, -0.05) is 25.5 Å². The van der Waals surface area contributed by atoms with Crippen molar-refractivity contribution in [3.8, 4) is 0 Å². The van der Waals surface area contributed by atoms with Crippen LogP contribution < -0.4 is 0 Å². The molecule has 0 radical (unpaired) electrons. The van der Waals surface area contributed by atoms with Crippen LogP contribution in [0.25, 0.3) is 0 Å². The molecule has 0 bridgehead atoms. The Kier molecular flexibility index (Phi) is 2.96. The molecular formula is C19H30O2. The lowest BCUT2D eigenvalue weighted by molar-refractivity contribution is -0.168. The molecule has 2 heteroatoms. The molecule has 21 heavy (non-hydrogen) atoms. The molecule has 0 spiro atoms. The molecule has 2 N–H and O–H groups in total. The highest BCUT2D eigenvalue weighted by Gasteiger charge is 2.63. The van der Waals surface area contributed by atoms with Crippen molar-refractivity contribution in [2.45, 2.75) is 83.3 Å². The molecule has 0 aliphatic heterocycles. The molecule has 4 aliphatic carbocycles. The number of aliphatic hydroxyl groups excluding tert-OH is 1. The largest absolute Gasteiger partial charge is 0.393 e. The van der Waals surface area contributed by atoms with Crippen molar-refractivity contribution < 1.29 is 10.2 Å². The highest BCUT2D eigenvalue weighted by atomic mass is 16.3. The van der Waals surface area contributed by atoms with Gasteiger partial charge in [0.15, 0.2) is 0 Å². The summed E-state index contributed by atoms with van der Waals surface area (Å²) in [6.07, 6.45) is 12.1. The first-order chi connectivity index (χ1) is 9.89. The van der Waals surface area contributed by atoms with E-state index in [0.29, 0.717) is 11.8 Å². The van der Waals surface area contributed by atoms with Crippen LogP contribution in [0.1, 0.15) is 71.6 Å². The number of allylic oxidation sites excluding steroid dienone is 1. The van der Waals surface area contributed by atoms with Gasteiger partial charge in [-0.3, -0.25) is 0 Å². The smallest absolute Gasteiger partial charge is 0.0735 e. The van der Waals surface area contributed by atoms with Crippen LogP contribution in [-0.4, -0.2) is 21.9 Å². The molecule has 0 heterocycles. The Balaban J connectivity index is 1.73. The topological polar surface area (TPSA) is 40.5 Å². The van der Waals surface area contributed by atoms with E-state index >= 15 is 0 Å². The Labute approximate surface area is 128 Å². The lowest BCUT2D eigenvalue weighted by atomic mass is 9.46. The molecule has 0 saturated heterocycles. The Bertz CT molecular complexity index is 484. The lowest BCUT2D eigenvalue weighted by Gasteiger charge is -2.60. The fraction of sp³-hybridized carbons (Fsp3) is 0.895. The summed E-state index contributed by atoms with van der Waals surface area (Å²) in [4.78, 5) is 0. The number of hydrogen-bond donors (Lipinski definition) is 2. The van der Waals surface area contributed by atoms with Crippen molar-refractivity contribution in [1.82, 2.24) is 0 Å². The maximum Gasteiger partial charge on any atom is 0.0735 e. The second-order valence-electron chi connectivity index (χ2n) is 8.87. The molecule has 0 aromatic carbocycles. The molecule has 4 rings (SSSR count). The minimum atomic E-state index is -0.434. The minimum absolute atomic E-state index is 0.135. The third-order valence-corrected chi connectivity index (χ3v) is 8.06. The van der Waals surface area contributed by atoms with Crippen molar-refractivity contribution in [3.63, 3.8) is 0 Å². The average molecular weight is 290 g/mol. The van der Waals surface area contributed by atoms with E-state index in [1.54, 1.807) is 0 Å². The zero-order chi connectivity index (χ0) is 14.9. The van der Waals surface area contributed by atoms with Crippen molar-refractivity contribution in [3.05, 3.63) is 11.6 Å². The molecule has 2 nitrogen and oxygen atoms in total. The summed E-state index contributed by atoms with van der Waals surface area (Å²) >= 11 is 0. The second-order valence-corrected chi connectivity index (χ2v) is 8.87. The molecule has 4 aliphatic rings. The predicted octanol–water partition coefficient (Wildman–Crippen LogP) is 3.82. The van der Waals surface area contributed by atoms with Gasteiger partial charge in [-0.25, -0.2) is 0 Å². The summed E-state index contributed by atoms with van der Waals surface area (Å²) < 4.78 is 0. The number of fused-ring (bicyclic) bond motifs is 5. The highest BCUT2D eigenvalue weighted by molar-refractivity contribution is 5.27. The molecule has 3 saturated carbocycles. The predicted molar refractivity (Wildman–Crippen MR) is 83.8 cm³/mol. The standard InChI is InChI=1S/C19H30O2/c1-17-8-3-9-19(17,21)16-5-4-13-12-14(20)6-11-18(13,2)15(16)7-10-17/h4,14-16,20-21H,3,5-12H2,1-2H3/t14-,15-,16+,17-,18+,19-/m1/s1. The third kappa shape index (κ3) is 1.72. The summed E-state index contributed by atoms with van der Waals surface area (Å²) in [5.41, 5.74) is 1.45. The molecule has 6 atom stereocenters. The lowest BCUT2D eigenvalue weighted by Crippen LogP contribution is -2.59. The number of hydrogen-bond acceptors (Lipinski definition) is 2. The zero-order valence-electron chi connectivity index (χ0n) is 13.6. The van der Waals surface area contributed by atoms with Crippen LogP contribution in [0.2, 0.25) is 0 Å². The van der Waals surface area contributed by atoms with E-state index in [1.807, 2.05) is 0 Å². The third-order valence-electron chi connectivity index (χ3n) is 8.06.